The Labute approximate surface area is 230 Å². The van der Waals surface area contributed by atoms with Crippen LogP contribution in [0.3, 0.4) is 0 Å². The molecule has 4 aromatic rings. The lowest BCUT2D eigenvalue weighted by atomic mass is 9.89. The van der Waals surface area contributed by atoms with E-state index in [9.17, 15) is 4.79 Å². The normalized spacial score (nSPS) is 11.8. The number of methoxy groups -OCH3 is 1. The first kappa shape index (κ1) is 27.9. The van der Waals surface area contributed by atoms with Crippen LogP contribution in [0.4, 0.5) is 5.69 Å². The Hall–Kier alpha value is -4.13. The average Bonchev–Trinajstić information content (AvgIpc) is 2.95. The number of hydrogen-bond donors (Lipinski definition) is 1. The van der Waals surface area contributed by atoms with Gasteiger partial charge in [-0.25, -0.2) is 0 Å². The third-order valence-electron chi connectivity index (χ3n) is 6.40. The summed E-state index contributed by atoms with van der Waals surface area (Å²) in [6.45, 7) is 3.67. The predicted molar refractivity (Wildman–Crippen MR) is 159 cm³/mol. The van der Waals surface area contributed by atoms with Crippen molar-refractivity contribution < 1.29 is 19.0 Å². The third-order valence-corrected chi connectivity index (χ3v) is 6.40. The number of carbonyl (C=O) groups is 1. The van der Waals surface area contributed by atoms with Crippen molar-refractivity contribution in [3.8, 4) is 11.5 Å². The van der Waals surface area contributed by atoms with Gasteiger partial charge in [-0.3, -0.25) is 4.79 Å². The van der Waals surface area contributed by atoms with Gasteiger partial charge in [0.1, 0.15) is 18.1 Å². The number of nitrogens with one attached hydrogen (secondary N) is 1. The van der Waals surface area contributed by atoms with Crippen LogP contribution in [0.2, 0.25) is 0 Å². The lowest BCUT2D eigenvalue weighted by Crippen LogP contribution is -2.19. The van der Waals surface area contributed by atoms with E-state index in [2.05, 4.69) is 41.4 Å². The van der Waals surface area contributed by atoms with Gasteiger partial charge in [-0.2, -0.15) is 0 Å². The van der Waals surface area contributed by atoms with Crippen LogP contribution in [0.1, 0.15) is 24.5 Å². The Kier molecular flexibility index (Phi) is 9.73. The maximum absolute atomic E-state index is 14.0. The first-order valence-electron chi connectivity index (χ1n) is 13.1. The number of carbonyl (C=O) groups excluding carboxylic acids is 1. The lowest BCUT2D eigenvalue weighted by Gasteiger charge is -2.18. The fourth-order valence-electron chi connectivity index (χ4n) is 4.45. The number of hydrogen-bond acceptors (Lipinski definition) is 5. The van der Waals surface area contributed by atoms with Gasteiger partial charge in [0, 0.05) is 19.3 Å². The minimum absolute atomic E-state index is 0.160. The zero-order chi connectivity index (χ0) is 27.6. The van der Waals surface area contributed by atoms with E-state index in [0.29, 0.717) is 30.0 Å². The molecule has 0 aromatic heterocycles. The molecule has 0 radical (unpaired) electrons. The highest BCUT2D eigenvalue weighted by atomic mass is 16.7. The molecule has 0 aliphatic rings. The summed E-state index contributed by atoms with van der Waals surface area (Å²) >= 11 is 0. The maximum atomic E-state index is 14.0. The first-order chi connectivity index (χ1) is 19.0. The summed E-state index contributed by atoms with van der Waals surface area (Å²) in [6, 6.07) is 29.5. The zero-order valence-electron chi connectivity index (χ0n) is 23.1. The summed E-state index contributed by atoms with van der Waals surface area (Å²) in [6.07, 6.45) is 0.678. The van der Waals surface area contributed by atoms with Gasteiger partial charge >= 0.3 is 0 Å². The van der Waals surface area contributed by atoms with Gasteiger partial charge < -0.3 is 24.4 Å². The molecule has 202 valence electrons. The standard InChI is InChI=1S/C33H36N2O4/c1-5-29(31-12-8-10-24-9-6-7-11-30(24)31)32(25-13-17-28(18-14-25)39-23-37-4)33(36)34-26-15-19-27(20-16-26)38-22-21-35(2)3/h6-20H,5,21-23H2,1-4H3,(H,34,36). The van der Waals surface area contributed by atoms with Crippen LogP contribution in [0.15, 0.2) is 91.0 Å². The molecule has 0 spiro atoms. The van der Waals surface area contributed by atoms with Crippen LogP contribution >= 0.6 is 0 Å². The number of allylic oxidation sites excluding steroid dienone is 1. The molecule has 4 rings (SSSR count). The molecule has 6 nitrogen and oxygen atoms in total. The predicted octanol–water partition coefficient (Wildman–Crippen LogP) is 6.72. The molecule has 1 N–H and O–H groups in total. The van der Waals surface area contributed by atoms with E-state index in [1.165, 1.54) is 0 Å². The van der Waals surface area contributed by atoms with E-state index in [1.807, 2.05) is 80.8 Å². The Bertz CT molecular complexity index is 1400. The van der Waals surface area contributed by atoms with Crippen molar-refractivity contribution in [3.63, 3.8) is 0 Å². The Balaban J connectivity index is 1.71. The molecule has 0 saturated carbocycles. The number of rotatable bonds is 12. The molecule has 6 heteroatoms. The van der Waals surface area contributed by atoms with Gasteiger partial charge in [0.2, 0.25) is 0 Å². The molecule has 0 aliphatic heterocycles. The second-order valence-electron chi connectivity index (χ2n) is 9.44. The molecule has 1 amide bonds. The fraction of sp³-hybridized carbons (Fsp3) is 0.242. The van der Waals surface area contributed by atoms with E-state index in [1.54, 1.807) is 7.11 Å². The number of ether oxygens (including phenoxy) is 3. The minimum atomic E-state index is -0.174. The smallest absolute Gasteiger partial charge is 0.256 e. The summed E-state index contributed by atoms with van der Waals surface area (Å²) in [7, 11) is 5.60. The highest BCUT2D eigenvalue weighted by Crippen LogP contribution is 2.35. The van der Waals surface area contributed by atoms with Crippen LogP contribution in [-0.2, 0) is 9.53 Å². The van der Waals surface area contributed by atoms with Gasteiger partial charge in [-0.15, -0.1) is 0 Å². The Morgan fingerprint density at radius 1 is 0.821 bits per heavy atom. The number of amides is 1. The van der Waals surface area contributed by atoms with E-state index in [-0.39, 0.29) is 12.7 Å². The van der Waals surface area contributed by atoms with Gasteiger partial charge in [0.15, 0.2) is 6.79 Å². The monoisotopic (exact) mass is 524 g/mol. The molecule has 39 heavy (non-hydrogen) atoms. The largest absolute Gasteiger partial charge is 0.492 e. The molecular weight excluding hydrogens is 488 g/mol. The first-order valence-corrected chi connectivity index (χ1v) is 13.1. The number of fused-ring (bicyclic) bond motifs is 1. The van der Waals surface area contributed by atoms with Gasteiger partial charge in [-0.05, 0) is 84.4 Å². The quantitative estimate of drug-likeness (QED) is 0.127. The van der Waals surface area contributed by atoms with Crippen LogP contribution in [-0.4, -0.2) is 52.0 Å². The van der Waals surface area contributed by atoms with Crippen molar-refractivity contribution in [1.82, 2.24) is 4.90 Å². The van der Waals surface area contributed by atoms with Crippen molar-refractivity contribution >= 4 is 33.5 Å². The molecule has 0 fully saturated rings. The summed E-state index contributed by atoms with van der Waals surface area (Å²) in [5.41, 5.74) is 4.15. The number of benzene rings is 4. The Morgan fingerprint density at radius 3 is 2.18 bits per heavy atom. The van der Waals surface area contributed by atoms with E-state index < -0.39 is 0 Å². The van der Waals surface area contributed by atoms with E-state index >= 15 is 0 Å². The van der Waals surface area contributed by atoms with E-state index in [0.717, 1.165) is 39.8 Å². The molecular formula is C33H36N2O4. The summed E-state index contributed by atoms with van der Waals surface area (Å²) in [4.78, 5) is 16.0. The van der Waals surface area contributed by atoms with Gasteiger partial charge in [0.05, 0.1) is 5.57 Å². The molecule has 0 saturated heterocycles. The molecule has 0 heterocycles. The Morgan fingerprint density at radius 2 is 1.49 bits per heavy atom. The summed E-state index contributed by atoms with van der Waals surface area (Å²) in [5, 5.41) is 5.36. The second kappa shape index (κ2) is 13.6. The highest BCUT2D eigenvalue weighted by Gasteiger charge is 2.20. The molecule has 0 atom stereocenters. The fourth-order valence-corrected chi connectivity index (χ4v) is 4.45. The number of anilines is 1. The summed E-state index contributed by atoms with van der Waals surface area (Å²) < 4.78 is 16.4. The number of likely N-dealkylation sites (N-methyl/N-ethyl adjacent to an activating group) is 1. The topological polar surface area (TPSA) is 60.0 Å². The summed E-state index contributed by atoms with van der Waals surface area (Å²) in [5.74, 6) is 1.27. The van der Waals surface area contributed by atoms with Crippen molar-refractivity contribution in [2.24, 2.45) is 0 Å². The van der Waals surface area contributed by atoms with Crippen molar-refractivity contribution in [1.29, 1.82) is 0 Å². The lowest BCUT2D eigenvalue weighted by molar-refractivity contribution is -0.111. The SMILES string of the molecule is CCC(=C(C(=O)Nc1ccc(OCCN(C)C)cc1)c1ccc(OCOC)cc1)c1cccc2ccccc12. The van der Waals surface area contributed by atoms with Crippen LogP contribution in [0.25, 0.3) is 21.9 Å². The molecule has 0 unspecified atom stereocenters. The van der Waals surface area contributed by atoms with Crippen molar-refractivity contribution in [2.75, 3.05) is 46.5 Å². The maximum Gasteiger partial charge on any atom is 0.256 e. The van der Waals surface area contributed by atoms with Gasteiger partial charge in [-0.1, -0.05) is 61.5 Å². The van der Waals surface area contributed by atoms with Crippen LogP contribution in [0, 0.1) is 0 Å². The zero-order valence-corrected chi connectivity index (χ0v) is 23.1. The molecule has 0 aliphatic carbocycles. The molecule has 4 aromatic carbocycles. The highest BCUT2D eigenvalue weighted by molar-refractivity contribution is 6.32. The second-order valence-corrected chi connectivity index (χ2v) is 9.44. The van der Waals surface area contributed by atoms with Crippen LogP contribution in [0.5, 0.6) is 11.5 Å². The van der Waals surface area contributed by atoms with Crippen LogP contribution < -0.4 is 14.8 Å². The van der Waals surface area contributed by atoms with Crippen molar-refractivity contribution in [2.45, 2.75) is 13.3 Å². The third kappa shape index (κ3) is 7.25. The number of nitrogens with zero attached hydrogens (tertiary/aromatic N) is 1. The average molecular weight is 525 g/mol. The minimum Gasteiger partial charge on any atom is -0.492 e. The van der Waals surface area contributed by atoms with Crippen molar-refractivity contribution in [3.05, 3.63) is 102 Å². The molecule has 0 bridgehead atoms. The van der Waals surface area contributed by atoms with Gasteiger partial charge in [0.25, 0.3) is 5.91 Å². The van der Waals surface area contributed by atoms with E-state index in [4.69, 9.17) is 14.2 Å².